The van der Waals surface area contributed by atoms with Crippen molar-refractivity contribution < 1.29 is 22.6 Å². The molecule has 3 nitrogen and oxygen atoms in total. The van der Waals surface area contributed by atoms with E-state index >= 15 is 0 Å². The molecule has 1 aliphatic heterocycles. The van der Waals surface area contributed by atoms with Crippen LogP contribution in [-0.4, -0.2) is 26.1 Å². The summed E-state index contributed by atoms with van der Waals surface area (Å²) in [7, 11) is 0. The SMILES string of the molecule is FC(F)(F)Oc1cccc(NCC2CCOC2)c1. The van der Waals surface area contributed by atoms with Crippen LogP contribution in [0.1, 0.15) is 6.42 Å². The fourth-order valence-electron chi connectivity index (χ4n) is 1.81. The number of anilines is 1. The Morgan fingerprint density at radius 1 is 1.39 bits per heavy atom. The van der Waals surface area contributed by atoms with Gasteiger partial charge in [0, 0.05) is 30.8 Å². The fourth-order valence-corrected chi connectivity index (χ4v) is 1.81. The van der Waals surface area contributed by atoms with Gasteiger partial charge in [0.15, 0.2) is 0 Å². The quantitative estimate of drug-likeness (QED) is 0.903. The number of ether oxygens (including phenoxy) is 2. The third-order valence-corrected chi connectivity index (χ3v) is 2.69. The van der Waals surface area contributed by atoms with Crippen LogP contribution in [0.3, 0.4) is 0 Å². The number of hydrogen-bond acceptors (Lipinski definition) is 3. The number of rotatable bonds is 4. The van der Waals surface area contributed by atoms with E-state index in [4.69, 9.17) is 4.74 Å². The first-order valence-electron chi connectivity index (χ1n) is 5.70. The first kappa shape index (κ1) is 13.0. The first-order chi connectivity index (χ1) is 8.53. The van der Waals surface area contributed by atoms with Crippen LogP contribution in [-0.2, 0) is 4.74 Å². The molecule has 1 heterocycles. The monoisotopic (exact) mass is 261 g/mol. The second-order valence-electron chi connectivity index (χ2n) is 4.19. The Kier molecular flexibility index (Phi) is 3.96. The summed E-state index contributed by atoms with van der Waals surface area (Å²) in [6, 6.07) is 5.84. The zero-order valence-electron chi connectivity index (χ0n) is 9.67. The number of halogens is 3. The van der Waals surface area contributed by atoms with E-state index in [1.165, 1.54) is 18.2 Å². The molecule has 0 aliphatic carbocycles. The van der Waals surface area contributed by atoms with Gasteiger partial charge < -0.3 is 14.8 Å². The minimum Gasteiger partial charge on any atom is -0.406 e. The first-order valence-corrected chi connectivity index (χ1v) is 5.70. The molecule has 1 aromatic carbocycles. The Hall–Kier alpha value is -1.43. The normalized spacial score (nSPS) is 19.8. The molecule has 1 saturated heterocycles. The van der Waals surface area contributed by atoms with E-state index in [-0.39, 0.29) is 5.75 Å². The summed E-state index contributed by atoms with van der Waals surface area (Å²) in [6.07, 6.45) is -3.68. The third-order valence-electron chi connectivity index (χ3n) is 2.69. The molecule has 100 valence electrons. The summed E-state index contributed by atoms with van der Waals surface area (Å²) in [4.78, 5) is 0. The fraction of sp³-hybridized carbons (Fsp3) is 0.500. The maximum Gasteiger partial charge on any atom is 0.573 e. The van der Waals surface area contributed by atoms with Crippen molar-refractivity contribution in [2.45, 2.75) is 12.8 Å². The van der Waals surface area contributed by atoms with E-state index in [0.29, 0.717) is 24.8 Å². The molecule has 0 bridgehead atoms. The Bertz CT molecular complexity index is 389. The highest BCUT2D eigenvalue weighted by Gasteiger charge is 2.31. The van der Waals surface area contributed by atoms with Crippen molar-refractivity contribution in [3.63, 3.8) is 0 Å². The van der Waals surface area contributed by atoms with Crippen molar-refractivity contribution in [1.82, 2.24) is 0 Å². The lowest BCUT2D eigenvalue weighted by Crippen LogP contribution is -2.17. The highest BCUT2D eigenvalue weighted by atomic mass is 19.4. The minimum absolute atomic E-state index is 0.213. The van der Waals surface area contributed by atoms with Gasteiger partial charge in [-0.25, -0.2) is 0 Å². The van der Waals surface area contributed by atoms with Crippen molar-refractivity contribution in [3.8, 4) is 5.75 Å². The van der Waals surface area contributed by atoms with Crippen LogP contribution in [0.15, 0.2) is 24.3 Å². The number of nitrogens with one attached hydrogen (secondary N) is 1. The molecule has 1 aromatic rings. The van der Waals surface area contributed by atoms with Gasteiger partial charge in [-0.2, -0.15) is 0 Å². The van der Waals surface area contributed by atoms with Crippen LogP contribution < -0.4 is 10.1 Å². The van der Waals surface area contributed by atoms with Gasteiger partial charge in [0.2, 0.25) is 0 Å². The molecule has 1 unspecified atom stereocenters. The molecule has 1 N–H and O–H groups in total. The van der Waals surface area contributed by atoms with Crippen LogP contribution >= 0.6 is 0 Å². The van der Waals surface area contributed by atoms with Crippen molar-refractivity contribution in [1.29, 1.82) is 0 Å². The van der Waals surface area contributed by atoms with Crippen molar-refractivity contribution in [2.24, 2.45) is 5.92 Å². The smallest absolute Gasteiger partial charge is 0.406 e. The molecule has 0 amide bonds. The Balaban J connectivity index is 1.90. The van der Waals surface area contributed by atoms with Gasteiger partial charge in [0.05, 0.1) is 6.61 Å². The van der Waals surface area contributed by atoms with Crippen LogP contribution in [0.2, 0.25) is 0 Å². The van der Waals surface area contributed by atoms with Crippen molar-refractivity contribution >= 4 is 5.69 Å². The topological polar surface area (TPSA) is 30.5 Å². The average molecular weight is 261 g/mol. The minimum atomic E-state index is -4.65. The lowest BCUT2D eigenvalue weighted by Gasteiger charge is -2.13. The molecule has 1 atom stereocenters. The summed E-state index contributed by atoms with van der Waals surface area (Å²) in [5.74, 6) is 0.201. The average Bonchev–Trinajstić information content (AvgIpc) is 2.77. The van der Waals surface area contributed by atoms with Gasteiger partial charge in [-0.15, -0.1) is 13.2 Å². The van der Waals surface area contributed by atoms with E-state index in [1.54, 1.807) is 6.07 Å². The number of alkyl halides is 3. The molecule has 0 spiro atoms. The van der Waals surface area contributed by atoms with Gasteiger partial charge >= 0.3 is 6.36 Å². The summed E-state index contributed by atoms with van der Waals surface area (Å²) < 4.78 is 45.2. The Morgan fingerprint density at radius 3 is 2.89 bits per heavy atom. The van der Waals surface area contributed by atoms with E-state index in [9.17, 15) is 13.2 Å². The predicted octanol–water partition coefficient (Wildman–Crippen LogP) is 3.03. The molecular weight excluding hydrogens is 247 g/mol. The van der Waals surface area contributed by atoms with Crippen LogP contribution in [0.25, 0.3) is 0 Å². The summed E-state index contributed by atoms with van der Waals surface area (Å²) in [5.41, 5.74) is 0.614. The van der Waals surface area contributed by atoms with Crippen LogP contribution in [0.4, 0.5) is 18.9 Å². The van der Waals surface area contributed by atoms with Crippen LogP contribution in [0.5, 0.6) is 5.75 Å². The molecular formula is C12H14F3NO2. The number of benzene rings is 1. The molecule has 0 aromatic heterocycles. The highest BCUT2D eigenvalue weighted by molar-refractivity contribution is 5.48. The molecule has 2 rings (SSSR count). The van der Waals surface area contributed by atoms with Crippen molar-refractivity contribution in [3.05, 3.63) is 24.3 Å². The van der Waals surface area contributed by atoms with E-state index < -0.39 is 6.36 Å². The maximum absolute atomic E-state index is 12.0. The van der Waals surface area contributed by atoms with E-state index in [0.717, 1.165) is 13.0 Å². The van der Waals surface area contributed by atoms with Gasteiger partial charge in [-0.05, 0) is 18.6 Å². The predicted molar refractivity (Wildman–Crippen MR) is 60.5 cm³/mol. The lowest BCUT2D eigenvalue weighted by atomic mass is 10.1. The van der Waals surface area contributed by atoms with E-state index in [1.807, 2.05) is 0 Å². The molecule has 18 heavy (non-hydrogen) atoms. The van der Waals surface area contributed by atoms with Crippen molar-refractivity contribution in [2.75, 3.05) is 25.1 Å². The summed E-state index contributed by atoms with van der Waals surface area (Å²) in [6.45, 7) is 2.14. The molecule has 6 heteroatoms. The van der Waals surface area contributed by atoms with Gasteiger partial charge in [-0.3, -0.25) is 0 Å². The molecule has 1 aliphatic rings. The Morgan fingerprint density at radius 2 is 2.22 bits per heavy atom. The zero-order valence-corrected chi connectivity index (χ0v) is 9.67. The Labute approximate surface area is 103 Å². The largest absolute Gasteiger partial charge is 0.573 e. The second kappa shape index (κ2) is 5.48. The number of hydrogen-bond donors (Lipinski definition) is 1. The van der Waals surface area contributed by atoms with E-state index in [2.05, 4.69) is 10.1 Å². The lowest BCUT2D eigenvalue weighted by molar-refractivity contribution is -0.274. The molecule has 1 fully saturated rings. The van der Waals surface area contributed by atoms with Gasteiger partial charge in [0.25, 0.3) is 0 Å². The third kappa shape index (κ3) is 4.10. The standard InChI is InChI=1S/C12H14F3NO2/c13-12(14,15)18-11-3-1-2-10(6-11)16-7-9-4-5-17-8-9/h1-3,6,9,16H,4-5,7-8H2. The molecule has 0 saturated carbocycles. The van der Waals surface area contributed by atoms with Gasteiger partial charge in [-0.1, -0.05) is 6.07 Å². The summed E-state index contributed by atoms with van der Waals surface area (Å²) >= 11 is 0. The molecule has 0 radical (unpaired) electrons. The van der Waals surface area contributed by atoms with Gasteiger partial charge in [0.1, 0.15) is 5.75 Å². The maximum atomic E-state index is 12.0. The van der Waals surface area contributed by atoms with Crippen LogP contribution in [0, 0.1) is 5.92 Å². The zero-order chi connectivity index (χ0) is 13.0. The second-order valence-corrected chi connectivity index (χ2v) is 4.19. The summed E-state index contributed by atoms with van der Waals surface area (Å²) in [5, 5.41) is 3.09. The highest BCUT2D eigenvalue weighted by Crippen LogP contribution is 2.25.